The van der Waals surface area contributed by atoms with Crippen LogP contribution in [-0.2, 0) is 4.79 Å². The molecule has 66 valence electrons. The largest absolute Gasteiger partial charge is 0.323 e. The van der Waals surface area contributed by atoms with Crippen LogP contribution in [0.5, 0.6) is 0 Å². The summed E-state index contributed by atoms with van der Waals surface area (Å²) in [5, 5.41) is 8.44. The van der Waals surface area contributed by atoms with Crippen molar-refractivity contribution in [2.45, 2.75) is 26.8 Å². The van der Waals surface area contributed by atoms with E-state index < -0.39 is 0 Å². The van der Waals surface area contributed by atoms with Gasteiger partial charge in [0.25, 0.3) is 0 Å². The molecule has 0 aromatic heterocycles. The molecule has 0 radical (unpaired) electrons. The third kappa shape index (κ3) is 2.75. The summed E-state index contributed by atoms with van der Waals surface area (Å²) in [5.74, 6) is -0.147. The van der Waals surface area contributed by atoms with Crippen molar-refractivity contribution in [2.75, 3.05) is 6.54 Å². The summed E-state index contributed by atoms with van der Waals surface area (Å²) in [5.41, 5.74) is 0.471. The minimum absolute atomic E-state index is 0.0499. The standard InChI is InChI=1S/C9H14N2O/c1-7(2)9(12)11(6-5-10)8(3)4/h8H,1,6H2,2-4H3. The van der Waals surface area contributed by atoms with Gasteiger partial charge in [-0.1, -0.05) is 6.58 Å². The summed E-state index contributed by atoms with van der Waals surface area (Å²) in [6.07, 6.45) is 0. The predicted octanol–water partition coefficient (Wildman–Crippen LogP) is 1.32. The maximum atomic E-state index is 11.3. The molecule has 0 saturated carbocycles. The van der Waals surface area contributed by atoms with Crippen molar-refractivity contribution in [3.8, 4) is 6.07 Å². The van der Waals surface area contributed by atoms with Gasteiger partial charge in [0.2, 0.25) is 5.91 Å². The molecule has 0 bridgehead atoms. The zero-order valence-electron chi connectivity index (χ0n) is 7.79. The quantitative estimate of drug-likeness (QED) is 0.469. The Labute approximate surface area is 73.3 Å². The third-order valence-electron chi connectivity index (χ3n) is 1.49. The number of nitrogens with zero attached hydrogens (tertiary/aromatic N) is 2. The molecule has 0 fully saturated rings. The first-order chi connectivity index (χ1) is 5.50. The van der Waals surface area contributed by atoms with Gasteiger partial charge < -0.3 is 4.90 Å². The SMILES string of the molecule is C=C(C)C(=O)N(CC#N)C(C)C. The highest BCUT2D eigenvalue weighted by molar-refractivity contribution is 5.92. The second-order valence-corrected chi connectivity index (χ2v) is 2.97. The average Bonchev–Trinajstić information content (AvgIpc) is 1.98. The van der Waals surface area contributed by atoms with Crippen LogP contribution >= 0.6 is 0 Å². The van der Waals surface area contributed by atoms with Crippen molar-refractivity contribution in [3.63, 3.8) is 0 Å². The number of nitriles is 1. The van der Waals surface area contributed by atoms with Gasteiger partial charge in [-0.25, -0.2) is 0 Å². The number of hydrogen-bond donors (Lipinski definition) is 0. The van der Waals surface area contributed by atoms with Crippen LogP contribution in [0, 0.1) is 11.3 Å². The molecule has 0 unspecified atom stereocenters. The maximum Gasteiger partial charge on any atom is 0.249 e. The normalized spacial score (nSPS) is 9.25. The molecular formula is C9H14N2O. The first kappa shape index (κ1) is 10.7. The monoisotopic (exact) mass is 166 g/mol. The maximum absolute atomic E-state index is 11.3. The third-order valence-corrected chi connectivity index (χ3v) is 1.49. The highest BCUT2D eigenvalue weighted by atomic mass is 16.2. The minimum atomic E-state index is -0.147. The van der Waals surface area contributed by atoms with E-state index in [1.54, 1.807) is 6.92 Å². The Bertz CT molecular complexity index is 225. The molecule has 1 amide bonds. The van der Waals surface area contributed by atoms with E-state index in [0.717, 1.165) is 0 Å². The van der Waals surface area contributed by atoms with E-state index in [1.165, 1.54) is 4.90 Å². The van der Waals surface area contributed by atoms with E-state index in [4.69, 9.17) is 5.26 Å². The molecule has 0 aromatic rings. The Hall–Kier alpha value is -1.30. The van der Waals surface area contributed by atoms with Crippen LogP contribution in [0.15, 0.2) is 12.2 Å². The lowest BCUT2D eigenvalue weighted by molar-refractivity contribution is -0.128. The fourth-order valence-electron chi connectivity index (χ4n) is 0.810. The van der Waals surface area contributed by atoms with Crippen LogP contribution in [0.3, 0.4) is 0 Å². The molecule has 3 heteroatoms. The van der Waals surface area contributed by atoms with Gasteiger partial charge in [-0.15, -0.1) is 0 Å². The Morgan fingerprint density at radius 2 is 2.17 bits per heavy atom. The molecule has 0 spiro atoms. The van der Waals surface area contributed by atoms with Crippen LogP contribution in [0.25, 0.3) is 0 Å². The highest BCUT2D eigenvalue weighted by Gasteiger charge is 2.16. The minimum Gasteiger partial charge on any atom is -0.323 e. The average molecular weight is 166 g/mol. The fraction of sp³-hybridized carbons (Fsp3) is 0.556. The topological polar surface area (TPSA) is 44.1 Å². The molecule has 0 aliphatic carbocycles. The zero-order valence-corrected chi connectivity index (χ0v) is 7.79. The molecule has 0 N–H and O–H groups in total. The Kier molecular flexibility index (Phi) is 4.06. The van der Waals surface area contributed by atoms with E-state index in [0.29, 0.717) is 5.57 Å². The van der Waals surface area contributed by atoms with Crippen LogP contribution < -0.4 is 0 Å². The van der Waals surface area contributed by atoms with Crippen LogP contribution in [0.2, 0.25) is 0 Å². The van der Waals surface area contributed by atoms with E-state index in [2.05, 4.69) is 6.58 Å². The van der Waals surface area contributed by atoms with E-state index in [-0.39, 0.29) is 18.5 Å². The van der Waals surface area contributed by atoms with Gasteiger partial charge in [-0.05, 0) is 20.8 Å². The molecule has 0 saturated heterocycles. The fourth-order valence-corrected chi connectivity index (χ4v) is 0.810. The highest BCUT2D eigenvalue weighted by Crippen LogP contribution is 2.03. The lowest BCUT2D eigenvalue weighted by Crippen LogP contribution is -2.37. The summed E-state index contributed by atoms with van der Waals surface area (Å²) >= 11 is 0. The first-order valence-electron chi connectivity index (χ1n) is 3.84. The van der Waals surface area contributed by atoms with Gasteiger partial charge in [0.15, 0.2) is 0 Å². The number of carbonyl (C=O) groups excluding carboxylic acids is 1. The van der Waals surface area contributed by atoms with Gasteiger partial charge in [0, 0.05) is 11.6 Å². The molecular weight excluding hydrogens is 152 g/mol. The van der Waals surface area contributed by atoms with E-state index in [9.17, 15) is 4.79 Å². The van der Waals surface area contributed by atoms with Gasteiger partial charge in [-0.3, -0.25) is 4.79 Å². The molecule has 0 aliphatic heterocycles. The summed E-state index contributed by atoms with van der Waals surface area (Å²) in [7, 11) is 0. The molecule has 0 rings (SSSR count). The van der Waals surface area contributed by atoms with Gasteiger partial charge in [0.05, 0.1) is 6.07 Å². The van der Waals surface area contributed by atoms with Crippen LogP contribution in [-0.4, -0.2) is 23.4 Å². The lowest BCUT2D eigenvalue weighted by Gasteiger charge is -2.23. The zero-order chi connectivity index (χ0) is 9.72. The first-order valence-corrected chi connectivity index (χ1v) is 3.84. The van der Waals surface area contributed by atoms with Crippen LogP contribution in [0.4, 0.5) is 0 Å². The Morgan fingerprint density at radius 3 is 2.42 bits per heavy atom. The van der Waals surface area contributed by atoms with Crippen molar-refractivity contribution < 1.29 is 4.79 Å². The molecule has 0 heterocycles. The Morgan fingerprint density at radius 1 is 1.67 bits per heavy atom. The number of rotatable bonds is 3. The number of hydrogen-bond acceptors (Lipinski definition) is 2. The van der Waals surface area contributed by atoms with E-state index in [1.807, 2.05) is 19.9 Å². The van der Waals surface area contributed by atoms with Crippen molar-refractivity contribution in [1.82, 2.24) is 4.90 Å². The predicted molar refractivity (Wildman–Crippen MR) is 47.3 cm³/mol. The second kappa shape index (κ2) is 4.55. The summed E-state index contributed by atoms with van der Waals surface area (Å²) in [6, 6.07) is 2.00. The number of carbonyl (C=O) groups is 1. The second-order valence-electron chi connectivity index (χ2n) is 2.97. The molecule has 12 heavy (non-hydrogen) atoms. The molecule has 0 aromatic carbocycles. The summed E-state index contributed by atoms with van der Waals surface area (Å²) < 4.78 is 0. The van der Waals surface area contributed by atoms with Crippen molar-refractivity contribution >= 4 is 5.91 Å². The molecule has 0 atom stereocenters. The Balaban J connectivity index is 4.42. The van der Waals surface area contributed by atoms with Gasteiger partial charge in [0.1, 0.15) is 6.54 Å². The van der Waals surface area contributed by atoms with Crippen molar-refractivity contribution in [1.29, 1.82) is 5.26 Å². The molecule has 3 nitrogen and oxygen atoms in total. The smallest absolute Gasteiger partial charge is 0.249 e. The van der Waals surface area contributed by atoms with E-state index >= 15 is 0 Å². The van der Waals surface area contributed by atoms with Crippen molar-refractivity contribution in [2.24, 2.45) is 0 Å². The number of amides is 1. The van der Waals surface area contributed by atoms with Gasteiger partial charge in [-0.2, -0.15) is 5.26 Å². The van der Waals surface area contributed by atoms with Crippen molar-refractivity contribution in [3.05, 3.63) is 12.2 Å². The van der Waals surface area contributed by atoms with Gasteiger partial charge >= 0.3 is 0 Å². The van der Waals surface area contributed by atoms with Crippen LogP contribution in [0.1, 0.15) is 20.8 Å². The summed E-state index contributed by atoms with van der Waals surface area (Å²) in [6.45, 7) is 9.06. The molecule has 0 aliphatic rings. The summed E-state index contributed by atoms with van der Waals surface area (Å²) in [4.78, 5) is 12.8. The lowest BCUT2D eigenvalue weighted by atomic mass is 10.2.